The van der Waals surface area contributed by atoms with Gasteiger partial charge in [-0.15, -0.1) is 0 Å². The number of benzene rings is 2. The van der Waals surface area contributed by atoms with Crippen LogP contribution in [-0.2, 0) is 10.2 Å². The second kappa shape index (κ2) is 13.0. The van der Waals surface area contributed by atoms with Gasteiger partial charge in [-0.25, -0.2) is 4.79 Å². The number of H-pyrrole nitrogens is 1. The smallest absolute Gasteiger partial charge is 0.411 e. The third kappa shape index (κ3) is 6.31. The number of nitrogens with one attached hydrogen (secondary N) is 2. The molecule has 3 N–H and O–H groups in total. The van der Waals surface area contributed by atoms with E-state index in [2.05, 4.69) is 91.2 Å². The molecule has 0 aliphatic carbocycles. The zero-order valence-corrected chi connectivity index (χ0v) is 29.3. The Hall–Kier alpha value is -4.66. The first-order valence-electron chi connectivity index (χ1n) is 17.8. The van der Waals surface area contributed by atoms with Gasteiger partial charge in [0.1, 0.15) is 0 Å². The molecule has 2 aromatic carbocycles. The minimum Gasteiger partial charge on any atom is -0.465 e. The minimum atomic E-state index is -1.12. The summed E-state index contributed by atoms with van der Waals surface area (Å²) in [5.74, 6) is 0.834. The molecule has 7 rings (SSSR count). The maximum atomic E-state index is 14.1. The minimum absolute atomic E-state index is 0.0581. The Morgan fingerprint density at radius 2 is 1.67 bits per heavy atom. The highest BCUT2D eigenvalue weighted by Gasteiger charge is 2.47. The molecule has 9 heteroatoms. The Morgan fingerprint density at radius 3 is 2.33 bits per heavy atom. The van der Waals surface area contributed by atoms with Crippen LogP contribution in [0.1, 0.15) is 92.5 Å². The molecule has 0 saturated carbocycles. The van der Waals surface area contributed by atoms with Crippen LogP contribution >= 0.6 is 0 Å². The van der Waals surface area contributed by atoms with E-state index in [0.717, 1.165) is 65.4 Å². The molecule has 2 aromatic heterocycles. The maximum Gasteiger partial charge on any atom is 0.411 e. The summed E-state index contributed by atoms with van der Waals surface area (Å²) in [6, 6.07) is 17.8. The number of aryl methyl sites for hydroxylation is 2. The first-order valence-corrected chi connectivity index (χ1v) is 17.8. The molecule has 49 heavy (non-hydrogen) atoms. The van der Waals surface area contributed by atoms with Crippen molar-refractivity contribution in [2.75, 3.05) is 19.6 Å². The van der Waals surface area contributed by atoms with E-state index in [1.54, 1.807) is 12.4 Å². The van der Waals surface area contributed by atoms with Crippen molar-refractivity contribution in [1.29, 1.82) is 0 Å². The van der Waals surface area contributed by atoms with Crippen LogP contribution in [0.5, 0.6) is 0 Å². The van der Waals surface area contributed by atoms with E-state index in [1.165, 1.54) is 16.7 Å². The summed E-state index contributed by atoms with van der Waals surface area (Å²) < 4.78 is 0. The third-order valence-electron chi connectivity index (χ3n) is 11.2. The zero-order chi connectivity index (χ0) is 34.4. The highest BCUT2D eigenvalue weighted by molar-refractivity contribution is 5.95. The number of hydrogen-bond acceptors (Lipinski definition) is 4. The second-order valence-electron chi connectivity index (χ2n) is 15.1. The lowest BCUT2D eigenvalue weighted by Crippen LogP contribution is -2.45. The predicted octanol–water partition coefficient (Wildman–Crippen LogP) is 7.49. The van der Waals surface area contributed by atoms with Gasteiger partial charge < -0.3 is 19.9 Å². The molecule has 2 bridgehead atoms. The zero-order valence-electron chi connectivity index (χ0n) is 29.3. The van der Waals surface area contributed by atoms with Crippen molar-refractivity contribution in [3.63, 3.8) is 0 Å². The average Bonchev–Trinajstić information content (AvgIpc) is 3.89. The number of amides is 2. The van der Waals surface area contributed by atoms with E-state index in [1.807, 2.05) is 17.0 Å². The molecule has 3 fully saturated rings. The molecule has 2 amide bonds. The molecule has 1 unspecified atom stereocenters. The summed E-state index contributed by atoms with van der Waals surface area (Å²) in [6.45, 7) is 12.3. The lowest BCUT2D eigenvalue weighted by atomic mass is 9.81. The molecule has 3 aliphatic heterocycles. The van der Waals surface area contributed by atoms with Crippen molar-refractivity contribution in [3.8, 4) is 11.3 Å². The van der Waals surface area contributed by atoms with Crippen molar-refractivity contribution in [2.45, 2.75) is 96.1 Å². The van der Waals surface area contributed by atoms with Crippen molar-refractivity contribution in [2.24, 2.45) is 4.99 Å². The van der Waals surface area contributed by atoms with E-state index in [4.69, 9.17) is 4.99 Å². The summed E-state index contributed by atoms with van der Waals surface area (Å²) in [5.41, 5.74) is 8.18. The van der Waals surface area contributed by atoms with Crippen LogP contribution in [0.4, 0.5) is 4.79 Å². The molecule has 3 saturated heterocycles. The number of likely N-dealkylation sites (tertiary alicyclic amines) is 1. The Balaban J connectivity index is 1.25. The number of aliphatic imine (C=N–C) groups is 1. The van der Waals surface area contributed by atoms with Crippen LogP contribution in [0.25, 0.3) is 22.2 Å². The topological polar surface area (TPSA) is 114 Å². The number of aromatic amines is 1. The van der Waals surface area contributed by atoms with E-state index >= 15 is 0 Å². The van der Waals surface area contributed by atoms with E-state index in [0.29, 0.717) is 37.7 Å². The van der Waals surface area contributed by atoms with Crippen LogP contribution in [0, 0.1) is 13.8 Å². The van der Waals surface area contributed by atoms with Crippen molar-refractivity contribution in [1.82, 2.24) is 25.1 Å². The maximum absolute atomic E-state index is 14.1. The molecule has 9 nitrogen and oxygen atoms in total. The molecule has 5 heterocycles. The van der Waals surface area contributed by atoms with Crippen molar-refractivity contribution >= 4 is 28.9 Å². The van der Waals surface area contributed by atoms with E-state index in [-0.39, 0.29) is 17.7 Å². The Bertz CT molecular complexity index is 1870. The predicted molar refractivity (Wildman–Crippen MR) is 194 cm³/mol. The Kier molecular flexibility index (Phi) is 8.71. The van der Waals surface area contributed by atoms with Crippen LogP contribution in [-0.4, -0.2) is 74.6 Å². The van der Waals surface area contributed by atoms with Crippen LogP contribution in [0.2, 0.25) is 0 Å². The third-order valence-corrected chi connectivity index (χ3v) is 11.2. The van der Waals surface area contributed by atoms with Gasteiger partial charge in [0.05, 0.1) is 11.1 Å². The van der Waals surface area contributed by atoms with Gasteiger partial charge in [-0.05, 0) is 118 Å². The first-order chi connectivity index (χ1) is 23.5. The quantitative estimate of drug-likeness (QED) is 0.140. The van der Waals surface area contributed by atoms with Gasteiger partial charge in [-0.1, -0.05) is 30.2 Å². The first kappa shape index (κ1) is 32.9. The standard InChI is InChI=1S/C40H48N6O3/c1-24-18-25(2)20-29(19-24)36-35(26(3)22-42-38(44-39(48)49)45-17-14-28(23-45)27-12-15-41-16-13-27)33-21-30(6-11-34(33)43-36)40(4,5)37(47)46-31-7-8-32(46)10-9-31/h6,11-13,15-16,18-21,26,28,31-32,43H,7-10,14,17,22-23H2,1-5H3,(H,42,44)(H,48,49)/t26-,28?,31?,32?/m1/s1. The van der Waals surface area contributed by atoms with Gasteiger partial charge in [0.15, 0.2) is 0 Å². The lowest BCUT2D eigenvalue weighted by Gasteiger charge is -2.33. The molecule has 256 valence electrons. The molecule has 2 atom stereocenters. The fourth-order valence-electron chi connectivity index (χ4n) is 8.64. The van der Waals surface area contributed by atoms with Crippen molar-refractivity contribution < 1.29 is 14.7 Å². The monoisotopic (exact) mass is 660 g/mol. The number of hydrogen-bond donors (Lipinski definition) is 3. The van der Waals surface area contributed by atoms with Gasteiger partial charge in [-0.2, -0.15) is 0 Å². The molecule has 3 aliphatic rings. The van der Waals surface area contributed by atoms with Crippen LogP contribution < -0.4 is 5.32 Å². The van der Waals surface area contributed by atoms with E-state index < -0.39 is 11.5 Å². The Labute approximate surface area is 288 Å². The van der Waals surface area contributed by atoms with Gasteiger partial charge in [0.2, 0.25) is 11.9 Å². The normalized spacial score (nSPS) is 21.5. The molecular formula is C40H48N6O3. The summed E-state index contributed by atoms with van der Waals surface area (Å²) in [6.07, 6.45) is 7.86. The summed E-state index contributed by atoms with van der Waals surface area (Å²) in [5, 5.41) is 13.4. The SMILES string of the molecule is Cc1cc(C)cc(-c2[nH]c3ccc(C(C)(C)C(=O)N4C5CCC4CC5)cc3c2[C@H](C)CN=C(NC(=O)O)N2CCC(c3ccncc3)C2)c1. The summed E-state index contributed by atoms with van der Waals surface area (Å²) in [4.78, 5) is 43.1. The molecule has 0 radical (unpaired) electrons. The molecule has 0 spiro atoms. The number of aromatic nitrogens is 2. The molecule has 4 aromatic rings. The molecular weight excluding hydrogens is 612 g/mol. The number of carbonyl (C=O) groups is 2. The number of guanidine groups is 1. The number of rotatable bonds is 7. The number of fused-ring (bicyclic) bond motifs is 3. The summed E-state index contributed by atoms with van der Waals surface area (Å²) in [7, 11) is 0. The number of carboxylic acid groups (broad SMARTS) is 1. The number of carbonyl (C=O) groups excluding carboxylic acids is 1. The fourth-order valence-corrected chi connectivity index (χ4v) is 8.64. The highest BCUT2D eigenvalue weighted by atomic mass is 16.4. The average molecular weight is 661 g/mol. The van der Waals surface area contributed by atoms with Crippen LogP contribution in [0.3, 0.4) is 0 Å². The highest BCUT2D eigenvalue weighted by Crippen LogP contribution is 2.43. The van der Waals surface area contributed by atoms with Crippen molar-refractivity contribution in [3.05, 3.63) is 88.7 Å². The fraction of sp³-hybridized carbons (Fsp3) is 0.450. The van der Waals surface area contributed by atoms with Gasteiger partial charge in [0.25, 0.3) is 0 Å². The van der Waals surface area contributed by atoms with Gasteiger partial charge >= 0.3 is 6.09 Å². The van der Waals surface area contributed by atoms with E-state index in [9.17, 15) is 14.7 Å². The van der Waals surface area contributed by atoms with Gasteiger partial charge in [0, 0.05) is 66.9 Å². The van der Waals surface area contributed by atoms with Crippen LogP contribution in [0.15, 0.2) is 65.9 Å². The largest absolute Gasteiger partial charge is 0.465 e. The number of nitrogens with zero attached hydrogens (tertiary/aromatic N) is 4. The number of pyridine rings is 1. The Morgan fingerprint density at radius 1 is 1.00 bits per heavy atom. The second-order valence-corrected chi connectivity index (χ2v) is 15.1. The lowest BCUT2D eigenvalue weighted by molar-refractivity contribution is -0.137. The van der Waals surface area contributed by atoms with Gasteiger partial charge in [-0.3, -0.25) is 20.1 Å². The summed E-state index contributed by atoms with van der Waals surface area (Å²) >= 11 is 0.